The van der Waals surface area contributed by atoms with Gasteiger partial charge >= 0.3 is 0 Å². The third-order valence-electron chi connectivity index (χ3n) is 3.54. The third-order valence-corrected chi connectivity index (χ3v) is 3.54. The molecule has 0 aliphatic rings. The second kappa shape index (κ2) is 8.43. The number of aryl methyl sites for hydroxylation is 1. The Hall–Kier alpha value is -2.67. The number of carbonyl (C=O) groups is 1. The molecule has 0 unspecified atom stereocenters. The van der Waals surface area contributed by atoms with Gasteiger partial charge < -0.3 is 20.1 Å². The Morgan fingerprint density at radius 1 is 1.24 bits per heavy atom. The normalized spacial score (nSPS) is 10.6. The lowest BCUT2D eigenvalue weighted by atomic mass is 10.0. The zero-order chi connectivity index (χ0) is 18.4. The number of amides is 1. The van der Waals surface area contributed by atoms with Crippen molar-refractivity contribution >= 4 is 11.9 Å². The van der Waals surface area contributed by atoms with Crippen LogP contribution in [-0.2, 0) is 4.74 Å². The Morgan fingerprint density at radius 2 is 2.00 bits per heavy atom. The van der Waals surface area contributed by atoms with Gasteiger partial charge in [-0.25, -0.2) is 9.97 Å². The van der Waals surface area contributed by atoms with E-state index < -0.39 is 0 Å². The average molecular weight is 344 g/mol. The van der Waals surface area contributed by atoms with Crippen LogP contribution in [0.25, 0.3) is 11.3 Å². The summed E-state index contributed by atoms with van der Waals surface area (Å²) in [5.41, 5.74) is 8.03. The predicted octanol–water partition coefficient (Wildman–Crippen LogP) is 2.15. The first-order valence-electron chi connectivity index (χ1n) is 8.10. The molecule has 0 radical (unpaired) electrons. The number of aromatic nitrogens is 2. The van der Waals surface area contributed by atoms with Crippen molar-refractivity contribution in [3.05, 3.63) is 35.5 Å². The number of nitrogens with two attached hydrogens (primary N) is 1. The van der Waals surface area contributed by atoms with Crippen molar-refractivity contribution in [3.63, 3.8) is 0 Å². The van der Waals surface area contributed by atoms with E-state index >= 15 is 0 Å². The second-order valence-corrected chi connectivity index (χ2v) is 5.66. The topological polar surface area (TPSA) is 90.6 Å². The monoisotopic (exact) mass is 344 g/mol. The maximum Gasteiger partial charge on any atom is 0.257 e. The average Bonchev–Trinajstić information content (AvgIpc) is 2.58. The van der Waals surface area contributed by atoms with Crippen LogP contribution >= 0.6 is 0 Å². The lowest BCUT2D eigenvalue weighted by Gasteiger charge is -2.16. The van der Waals surface area contributed by atoms with Crippen LogP contribution in [0.1, 0.15) is 23.0 Å². The predicted molar refractivity (Wildman–Crippen MR) is 96.6 cm³/mol. The van der Waals surface area contributed by atoms with Gasteiger partial charge in [0.2, 0.25) is 5.95 Å². The van der Waals surface area contributed by atoms with Gasteiger partial charge in [-0.3, -0.25) is 4.79 Å². The van der Waals surface area contributed by atoms with Gasteiger partial charge in [0, 0.05) is 26.3 Å². The first-order chi connectivity index (χ1) is 11.9. The number of rotatable bonds is 7. The number of anilines is 1. The van der Waals surface area contributed by atoms with E-state index in [2.05, 4.69) is 9.97 Å². The maximum absolute atomic E-state index is 12.6. The molecule has 0 saturated heterocycles. The smallest absolute Gasteiger partial charge is 0.257 e. The van der Waals surface area contributed by atoms with E-state index in [1.807, 2.05) is 31.2 Å². The number of carbonyl (C=O) groups excluding carboxylic acids is 1. The van der Waals surface area contributed by atoms with Crippen molar-refractivity contribution in [2.75, 3.05) is 39.6 Å². The summed E-state index contributed by atoms with van der Waals surface area (Å²) in [6.07, 6.45) is 0. The minimum atomic E-state index is -0.171. The summed E-state index contributed by atoms with van der Waals surface area (Å²) >= 11 is 0. The fourth-order valence-electron chi connectivity index (χ4n) is 2.38. The van der Waals surface area contributed by atoms with Gasteiger partial charge in [0.25, 0.3) is 5.91 Å². The molecule has 25 heavy (non-hydrogen) atoms. The fourth-order valence-corrected chi connectivity index (χ4v) is 2.38. The molecule has 1 aromatic carbocycles. The van der Waals surface area contributed by atoms with E-state index in [1.165, 1.54) is 4.90 Å². The molecule has 7 heteroatoms. The van der Waals surface area contributed by atoms with Crippen LogP contribution in [0.3, 0.4) is 0 Å². The largest absolute Gasteiger partial charge is 0.491 e. The van der Waals surface area contributed by atoms with Crippen molar-refractivity contribution in [1.29, 1.82) is 0 Å². The van der Waals surface area contributed by atoms with Crippen LogP contribution < -0.4 is 10.5 Å². The second-order valence-electron chi connectivity index (χ2n) is 5.66. The number of hydrogen-bond donors (Lipinski definition) is 1. The Kier molecular flexibility index (Phi) is 6.30. The minimum absolute atomic E-state index is 0.130. The van der Waals surface area contributed by atoms with Crippen molar-refractivity contribution < 1.29 is 14.3 Å². The van der Waals surface area contributed by atoms with Gasteiger partial charge in [-0.05, 0) is 26.0 Å². The SMILES string of the molecule is CCOCCOc1cccc(-c2nc(N)nc(C)c2C(=O)N(C)C)c1. The highest BCUT2D eigenvalue weighted by Gasteiger charge is 2.21. The highest BCUT2D eigenvalue weighted by molar-refractivity contribution is 6.00. The molecule has 7 nitrogen and oxygen atoms in total. The summed E-state index contributed by atoms with van der Waals surface area (Å²) in [4.78, 5) is 22.5. The Bertz CT molecular complexity index is 747. The number of benzene rings is 1. The summed E-state index contributed by atoms with van der Waals surface area (Å²) in [5, 5.41) is 0. The van der Waals surface area contributed by atoms with Crippen molar-refractivity contribution in [2.45, 2.75) is 13.8 Å². The van der Waals surface area contributed by atoms with Crippen LogP contribution in [0, 0.1) is 6.92 Å². The molecule has 0 atom stereocenters. The molecule has 2 N–H and O–H groups in total. The van der Waals surface area contributed by atoms with Crippen molar-refractivity contribution in [1.82, 2.24) is 14.9 Å². The van der Waals surface area contributed by atoms with Crippen LogP contribution in [0.5, 0.6) is 5.75 Å². The highest BCUT2D eigenvalue weighted by atomic mass is 16.5. The first kappa shape index (κ1) is 18.7. The molecule has 1 heterocycles. The van der Waals surface area contributed by atoms with Gasteiger partial charge in [0.1, 0.15) is 12.4 Å². The maximum atomic E-state index is 12.6. The molecule has 0 aliphatic heterocycles. The lowest BCUT2D eigenvalue weighted by Crippen LogP contribution is -2.24. The first-order valence-corrected chi connectivity index (χ1v) is 8.10. The van der Waals surface area contributed by atoms with Gasteiger partial charge in [-0.2, -0.15) is 0 Å². The van der Waals surface area contributed by atoms with Crippen LogP contribution in [0.15, 0.2) is 24.3 Å². The van der Waals surface area contributed by atoms with E-state index in [9.17, 15) is 4.79 Å². The minimum Gasteiger partial charge on any atom is -0.491 e. The molecule has 1 amide bonds. The van der Waals surface area contributed by atoms with Crippen LogP contribution in [-0.4, -0.2) is 54.7 Å². The van der Waals surface area contributed by atoms with E-state index in [4.69, 9.17) is 15.2 Å². The van der Waals surface area contributed by atoms with Gasteiger partial charge in [0.15, 0.2) is 0 Å². The molecule has 0 aliphatic carbocycles. The Labute approximate surface area is 147 Å². The molecule has 2 rings (SSSR count). The van der Waals surface area contributed by atoms with Crippen molar-refractivity contribution in [2.24, 2.45) is 0 Å². The molecular weight excluding hydrogens is 320 g/mol. The molecule has 1 aromatic heterocycles. The molecule has 0 fully saturated rings. The van der Waals surface area contributed by atoms with Crippen molar-refractivity contribution in [3.8, 4) is 17.0 Å². The molecule has 0 spiro atoms. The highest BCUT2D eigenvalue weighted by Crippen LogP contribution is 2.28. The number of ether oxygens (including phenoxy) is 2. The van der Waals surface area contributed by atoms with E-state index in [1.54, 1.807) is 21.0 Å². The fraction of sp³-hybridized carbons (Fsp3) is 0.389. The molecule has 0 saturated carbocycles. The van der Waals surface area contributed by atoms with E-state index in [-0.39, 0.29) is 11.9 Å². The Morgan fingerprint density at radius 3 is 2.68 bits per heavy atom. The summed E-state index contributed by atoms with van der Waals surface area (Å²) < 4.78 is 10.9. The van der Waals surface area contributed by atoms with Crippen LogP contribution in [0.4, 0.5) is 5.95 Å². The summed E-state index contributed by atoms with van der Waals surface area (Å²) in [5.74, 6) is 0.635. The van der Waals surface area contributed by atoms with E-state index in [0.717, 1.165) is 5.56 Å². The quantitative estimate of drug-likeness (QED) is 0.774. The molecular formula is C18H24N4O3. The molecule has 134 valence electrons. The number of hydrogen-bond acceptors (Lipinski definition) is 6. The van der Waals surface area contributed by atoms with Gasteiger partial charge in [0.05, 0.1) is 23.6 Å². The lowest BCUT2D eigenvalue weighted by molar-refractivity contribution is 0.0827. The summed E-state index contributed by atoms with van der Waals surface area (Å²) in [7, 11) is 3.38. The molecule has 0 bridgehead atoms. The van der Waals surface area contributed by atoms with E-state index in [0.29, 0.717) is 42.5 Å². The third kappa shape index (κ3) is 4.67. The zero-order valence-corrected chi connectivity index (χ0v) is 15.1. The van der Waals surface area contributed by atoms with Gasteiger partial charge in [-0.1, -0.05) is 12.1 Å². The van der Waals surface area contributed by atoms with Gasteiger partial charge in [-0.15, -0.1) is 0 Å². The standard InChI is InChI=1S/C18H24N4O3/c1-5-24-9-10-25-14-8-6-7-13(11-14)16-15(17(23)22(3)4)12(2)20-18(19)21-16/h6-8,11H,5,9-10H2,1-4H3,(H2,19,20,21). The summed E-state index contributed by atoms with van der Waals surface area (Å²) in [6, 6.07) is 7.39. The summed E-state index contributed by atoms with van der Waals surface area (Å²) in [6.45, 7) is 5.31. The Balaban J connectivity index is 2.39. The molecule has 2 aromatic rings. The van der Waals surface area contributed by atoms with Crippen LogP contribution in [0.2, 0.25) is 0 Å². The zero-order valence-electron chi connectivity index (χ0n) is 15.1. The number of nitrogen functional groups attached to an aromatic ring is 1. The number of nitrogens with zero attached hydrogens (tertiary/aromatic N) is 3.